The van der Waals surface area contributed by atoms with Crippen molar-refractivity contribution in [1.29, 1.82) is 0 Å². The molecule has 2 aromatic carbocycles. The lowest BCUT2D eigenvalue weighted by Gasteiger charge is -2.07. The Labute approximate surface area is 127 Å². The molecule has 0 aliphatic heterocycles. The van der Waals surface area contributed by atoms with Gasteiger partial charge in [0, 0.05) is 14.6 Å². The number of carbonyl (C=O) groups is 1. The molecule has 18 heavy (non-hydrogen) atoms. The van der Waals surface area contributed by atoms with Gasteiger partial charge in [0.1, 0.15) is 0 Å². The van der Waals surface area contributed by atoms with Crippen LogP contribution in [0, 0.1) is 0 Å². The molecule has 2 aromatic rings. The summed E-state index contributed by atoms with van der Waals surface area (Å²) in [5, 5.41) is 3.20. The van der Waals surface area contributed by atoms with Crippen LogP contribution < -0.4 is 5.32 Å². The minimum absolute atomic E-state index is 0.227. The minimum atomic E-state index is -0.227. The Kier molecular flexibility index (Phi) is 4.43. The van der Waals surface area contributed by atoms with Crippen LogP contribution >= 0.6 is 43.5 Å². The number of halogens is 3. The van der Waals surface area contributed by atoms with Crippen molar-refractivity contribution in [3.8, 4) is 0 Å². The zero-order valence-electron chi connectivity index (χ0n) is 9.08. The van der Waals surface area contributed by atoms with Crippen molar-refractivity contribution < 1.29 is 4.79 Å². The third kappa shape index (κ3) is 3.34. The van der Waals surface area contributed by atoms with Crippen molar-refractivity contribution in [3.05, 3.63) is 62.0 Å². The molecule has 1 N–H and O–H groups in total. The lowest BCUT2D eigenvalue weighted by molar-refractivity contribution is 0.102. The van der Waals surface area contributed by atoms with E-state index in [0.29, 0.717) is 10.6 Å². The van der Waals surface area contributed by atoms with Gasteiger partial charge in [0.05, 0.1) is 10.6 Å². The van der Waals surface area contributed by atoms with E-state index < -0.39 is 0 Å². The van der Waals surface area contributed by atoms with E-state index in [4.69, 9.17) is 11.6 Å². The predicted octanol–water partition coefficient (Wildman–Crippen LogP) is 5.12. The lowest BCUT2D eigenvalue weighted by Crippen LogP contribution is -2.12. The first-order chi connectivity index (χ1) is 8.56. The molecular formula is C13H8Br2ClNO. The highest BCUT2D eigenvalue weighted by Gasteiger charge is 2.10. The molecule has 0 saturated heterocycles. The van der Waals surface area contributed by atoms with Crippen LogP contribution in [0.2, 0.25) is 5.02 Å². The third-order valence-electron chi connectivity index (χ3n) is 2.28. The Morgan fingerprint density at radius 1 is 1.00 bits per heavy atom. The summed E-state index contributed by atoms with van der Waals surface area (Å²) in [6.07, 6.45) is 0. The van der Waals surface area contributed by atoms with E-state index in [1.54, 1.807) is 18.2 Å². The number of nitrogens with one attached hydrogen (secondary N) is 1. The average molecular weight is 389 g/mol. The second-order valence-corrected chi connectivity index (χ2v) is 5.82. The number of hydrogen-bond acceptors (Lipinski definition) is 1. The highest BCUT2D eigenvalue weighted by molar-refractivity contribution is 9.10. The molecule has 1 amide bonds. The Hall–Kier alpha value is -0.840. The summed E-state index contributed by atoms with van der Waals surface area (Å²) >= 11 is 12.7. The molecule has 0 spiro atoms. The summed E-state index contributed by atoms with van der Waals surface area (Å²) in [5.74, 6) is -0.227. The zero-order valence-corrected chi connectivity index (χ0v) is 13.0. The van der Waals surface area contributed by atoms with Crippen LogP contribution in [0.25, 0.3) is 0 Å². The maximum atomic E-state index is 12.0. The predicted molar refractivity (Wildman–Crippen MR) is 81.2 cm³/mol. The first-order valence-corrected chi connectivity index (χ1v) is 7.04. The SMILES string of the molecule is O=C(Nc1ccc(Br)cc1)c1ccc(Br)cc1Cl. The molecule has 92 valence electrons. The molecule has 0 unspecified atom stereocenters. The van der Waals surface area contributed by atoms with Gasteiger partial charge in [-0.2, -0.15) is 0 Å². The van der Waals surface area contributed by atoms with Crippen LogP contribution in [-0.2, 0) is 0 Å². The number of amides is 1. The Morgan fingerprint density at radius 2 is 1.61 bits per heavy atom. The van der Waals surface area contributed by atoms with Crippen molar-refractivity contribution in [1.82, 2.24) is 0 Å². The van der Waals surface area contributed by atoms with Crippen molar-refractivity contribution in [2.24, 2.45) is 0 Å². The molecule has 0 saturated carbocycles. The van der Waals surface area contributed by atoms with E-state index in [1.807, 2.05) is 24.3 Å². The van der Waals surface area contributed by atoms with Crippen molar-refractivity contribution in [3.63, 3.8) is 0 Å². The lowest BCUT2D eigenvalue weighted by atomic mass is 10.2. The summed E-state index contributed by atoms with van der Waals surface area (Å²) in [6, 6.07) is 12.5. The molecule has 0 heterocycles. The van der Waals surface area contributed by atoms with Crippen LogP contribution in [0.15, 0.2) is 51.4 Å². The van der Waals surface area contributed by atoms with Gasteiger partial charge in [0.15, 0.2) is 0 Å². The summed E-state index contributed by atoms with van der Waals surface area (Å²) in [6.45, 7) is 0. The Balaban J connectivity index is 2.19. The van der Waals surface area contributed by atoms with Gasteiger partial charge in [-0.25, -0.2) is 0 Å². The molecule has 2 nitrogen and oxygen atoms in total. The van der Waals surface area contributed by atoms with Gasteiger partial charge in [-0.15, -0.1) is 0 Å². The number of hydrogen-bond donors (Lipinski definition) is 1. The number of rotatable bonds is 2. The van der Waals surface area contributed by atoms with Crippen molar-refractivity contribution >= 4 is 55.1 Å². The highest BCUT2D eigenvalue weighted by Crippen LogP contribution is 2.22. The van der Waals surface area contributed by atoms with E-state index >= 15 is 0 Å². The van der Waals surface area contributed by atoms with Gasteiger partial charge in [0.2, 0.25) is 0 Å². The molecule has 0 aromatic heterocycles. The van der Waals surface area contributed by atoms with E-state index in [2.05, 4.69) is 37.2 Å². The second kappa shape index (κ2) is 5.87. The van der Waals surface area contributed by atoms with E-state index in [9.17, 15) is 4.79 Å². The van der Waals surface area contributed by atoms with Crippen molar-refractivity contribution in [2.75, 3.05) is 5.32 Å². The van der Waals surface area contributed by atoms with Crippen LogP contribution in [0.1, 0.15) is 10.4 Å². The first-order valence-electron chi connectivity index (χ1n) is 5.08. The molecule has 2 rings (SSSR count). The topological polar surface area (TPSA) is 29.1 Å². The third-order valence-corrected chi connectivity index (χ3v) is 3.61. The van der Waals surface area contributed by atoms with Crippen LogP contribution in [-0.4, -0.2) is 5.91 Å². The normalized spacial score (nSPS) is 10.2. The second-order valence-electron chi connectivity index (χ2n) is 3.59. The fourth-order valence-electron chi connectivity index (χ4n) is 1.41. The monoisotopic (exact) mass is 387 g/mol. The highest BCUT2D eigenvalue weighted by atomic mass is 79.9. The smallest absolute Gasteiger partial charge is 0.257 e. The fraction of sp³-hybridized carbons (Fsp3) is 0. The summed E-state index contributed by atoms with van der Waals surface area (Å²) < 4.78 is 1.80. The quantitative estimate of drug-likeness (QED) is 0.759. The van der Waals surface area contributed by atoms with Crippen molar-refractivity contribution in [2.45, 2.75) is 0 Å². The average Bonchev–Trinajstić information content (AvgIpc) is 2.32. The Morgan fingerprint density at radius 3 is 2.22 bits per heavy atom. The Bertz CT molecular complexity index is 584. The molecule has 0 aliphatic carbocycles. The van der Waals surface area contributed by atoms with Crippen LogP contribution in [0.3, 0.4) is 0 Å². The van der Waals surface area contributed by atoms with Gasteiger partial charge in [-0.05, 0) is 42.5 Å². The molecule has 0 radical (unpaired) electrons. The van der Waals surface area contributed by atoms with Crippen LogP contribution in [0.5, 0.6) is 0 Å². The van der Waals surface area contributed by atoms with Gasteiger partial charge in [-0.3, -0.25) is 4.79 Å². The summed E-state index contributed by atoms with van der Waals surface area (Å²) in [7, 11) is 0. The standard InChI is InChI=1S/C13H8Br2ClNO/c14-8-1-4-10(5-2-8)17-13(18)11-6-3-9(15)7-12(11)16/h1-7H,(H,17,18). The summed E-state index contributed by atoms with van der Waals surface area (Å²) in [5.41, 5.74) is 1.17. The fourth-order valence-corrected chi connectivity index (χ4v) is 2.43. The molecule has 5 heteroatoms. The molecule has 0 aliphatic rings. The van der Waals surface area contributed by atoms with Gasteiger partial charge in [0.25, 0.3) is 5.91 Å². The maximum Gasteiger partial charge on any atom is 0.257 e. The number of benzene rings is 2. The first kappa shape index (κ1) is 13.6. The number of carbonyl (C=O) groups excluding carboxylic acids is 1. The summed E-state index contributed by atoms with van der Waals surface area (Å²) in [4.78, 5) is 12.0. The number of anilines is 1. The van der Waals surface area contributed by atoms with Gasteiger partial charge in [-0.1, -0.05) is 43.5 Å². The molecular weight excluding hydrogens is 381 g/mol. The van der Waals surface area contributed by atoms with E-state index in [1.165, 1.54) is 0 Å². The van der Waals surface area contributed by atoms with Gasteiger partial charge >= 0.3 is 0 Å². The molecule has 0 bridgehead atoms. The molecule has 0 fully saturated rings. The van der Waals surface area contributed by atoms with Crippen LogP contribution in [0.4, 0.5) is 5.69 Å². The minimum Gasteiger partial charge on any atom is -0.322 e. The maximum absolute atomic E-state index is 12.0. The zero-order chi connectivity index (χ0) is 13.1. The van der Waals surface area contributed by atoms with E-state index in [0.717, 1.165) is 14.6 Å². The largest absolute Gasteiger partial charge is 0.322 e. The van der Waals surface area contributed by atoms with E-state index in [-0.39, 0.29) is 5.91 Å². The van der Waals surface area contributed by atoms with Gasteiger partial charge < -0.3 is 5.32 Å². The molecule has 0 atom stereocenters.